The van der Waals surface area contributed by atoms with Crippen molar-refractivity contribution in [1.82, 2.24) is 15.5 Å². The summed E-state index contributed by atoms with van der Waals surface area (Å²) >= 11 is 1.52. The van der Waals surface area contributed by atoms with E-state index in [0.29, 0.717) is 17.5 Å². The first-order valence-corrected chi connectivity index (χ1v) is 8.02. The van der Waals surface area contributed by atoms with E-state index in [4.69, 9.17) is 14.0 Å². The first kappa shape index (κ1) is 16.0. The third-order valence-corrected chi connectivity index (χ3v) is 3.94. The van der Waals surface area contributed by atoms with Crippen LogP contribution >= 0.6 is 11.3 Å². The van der Waals surface area contributed by atoms with E-state index in [0.717, 1.165) is 10.6 Å². The number of nitrogens with zero attached hydrogens (tertiary/aromatic N) is 2. The standard InChI is InChI=1S/C16H15N3O4S/c1-21-11-4-6-12(7-5-11)22-10-14(20)17-9-15-18-16(19-23-15)13-3-2-8-24-13/h2-8H,9-10H2,1H3,(H,17,20). The van der Waals surface area contributed by atoms with Gasteiger partial charge in [0.2, 0.25) is 11.7 Å². The number of ether oxygens (including phenoxy) is 2. The number of rotatable bonds is 7. The number of carbonyl (C=O) groups excluding carboxylic acids is 1. The molecule has 1 aromatic carbocycles. The third kappa shape index (κ3) is 4.11. The third-order valence-electron chi connectivity index (χ3n) is 3.08. The SMILES string of the molecule is COc1ccc(OCC(=O)NCc2nc(-c3cccs3)no2)cc1. The largest absolute Gasteiger partial charge is 0.497 e. The molecule has 0 atom stereocenters. The van der Waals surface area contributed by atoms with Crippen LogP contribution in [0.1, 0.15) is 5.89 Å². The van der Waals surface area contributed by atoms with E-state index in [1.807, 2.05) is 17.5 Å². The molecule has 8 heteroatoms. The molecule has 124 valence electrons. The van der Waals surface area contributed by atoms with Gasteiger partial charge in [-0.25, -0.2) is 0 Å². The highest BCUT2D eigenvalue weighted by molar-refractivity contribution is 7.13. The molecule has 0 aliphatic heterocycles. The molecule has 0 saturated heterocycles. The molecule has 7 nitrogen and oxygen atoms in total. The zero-order valence-electron chi connectivity index (χ0n) is 12.9. The van der Waals surface area contributed by atoms with Crippen molar-refractivity contribution in [3.63, 3.8) is 0 Å². The maximum absolute atomic E-state index is 11.8. The van der Waals surface area contributed by atoms with E-state index in [1.165, 1.54) is 11.3 Å². The van der Waals surface area contributed by atoms with Gasteiger partial charge in [-0.05, 0) is 35.7 Å². The average Bonchev–Trinajstić information content (AvgIpc) is 3.29. The molecule has 24 heavy (non-hydrogen) atoms. The molecule has 3 aromatic rings. The van der Waals surface area contributed by atoms with Crippen LogP contribution in [0.2, 0.25) is 0 Å². The Labute approximate surface area is 142 Å². The first-order chi connectivity index (χ1) is 11.7. The maximum atomic E-state index is 11.8. The van der Waals surface area contributed by atoms with E-state index in [2.05, 4.69) is 15.5 Å². The minimum atomic E-state index is -0.276. The van der Waals surface area contributed by atoms with Crippen molar-refractivity contribution in [2.45, 2.75) is 6.54 Å². The van der Waals surface area contributed by atoms with Gasteiger partial charge < -0.3 is 19.3 Å². The van der Waals surface area contributed by atoms with Gasteiger partial charge in [0, 0.05) is 0 Å². The van der Waals surface area contributed by atoms with Gasteiger partial charge in [-0.1, -0.05) is 11.2 Å². The van der Waals surface area contributed by atoms with Crippen molar-refractivity contribution >= 4 is 17.2 Å². The van der Waals surface area contributed by atoms with Crippen LogP contribution in [-0.4, -0.2) is 29.8 Å². The molecule has 0 saturated carbocycles. The molecule has 1 amide bonds. The van der Waals surface area contributed by atoms with Crippen LogP contribution in [0.15, 0.2) is 46.3 Å². The van der Waals surface area contributed by atoms with Gasteiger partial charge in [-0.2, -0.15) is 4.98 Å². The molecule has 0 aliphatic carbocycles. The predicted molar refractivity (Wildman–Crippen MR) is 87.9 cm³/mol. The Balaban J connectivity index is 1.45. The number of nitrogens with one attached hydrogen (secondary N) is 1. The van der Waals surface area contributed by atoms with Gasteiger partial charge in [0.15, 0.2) is 6.61 Å². The number of methoxy groups -OCH3 is 1. The smallest absolute Gasteiger partial charge is 0.258 e. The normalized spacial score (nSPS) is 10.4. The quantitative estimate of drug-likeness (QED) is 0.708. The van der Waals surface area contributed by atoms with Crippen LogP contribution in [0.25, 0.3) is 10.7 Å². The summed E-state index contributed by atoms with van der Waals surface area (Å²) in [6.45, 7) is 0.0570. The van der Waals surface area contributed by atoms with Gasteiger partial charge in [0.25, 0.3) is 5.91 Å². The second-order valence-electron chi connectivity index (χ2n) is 4.73. The lowest BCUT2D eigenvalue weighted by molar-refractivity contribution is -0.123. The molecule has 0 bridgehead atoms. The monoisotopic (exact) mass is 345 g/mol. The molecule has 0 unspecified atom stereocenters. The Hall–Kier alpha value is -2.87. The molecule has 2 aromatic heterocycles. The molecule has 1 N–H and O–H groups in total. The molecular weight excluding hydrogens is 330 g/mol. The van der Waals surface area contributed by atoms with Crippen LogP contribution in [-0.2, 0) is 11.3 Å². The maximum Gasteiger partial charge on any atom is 0.258 e. The second kappa shape index (κ2) is 7.60. The van der Waals surface area contributed by atoms with Gasteiger partial charge in [-0.15, -0.1) is 11.3 Å². The lowest BCUT2D eigenvalue weighted by Gasteiger charge is -2.06. The van der Waals surface area contributed by atoms with Gasteiger partial charge >= 0.3 is 0 Å². The second-order valence-corrected chi connectivity index (χ2v) is 5.68. The number of carbonyl (C=O) groups is 1. The number of hydrogen-bond acceptors (Lipinski definition) is 7. The first-order valence-electron chi connectivity index (χ1n) is 7.14. The highest BCUT2D eigenvalue weighted by atomic mass is 32.1. The van der Waals surface area contributed by atoms with Crippen molar-refractivity contribution in [3.05, 3.63) is 47.7 Å². The fourth-order valence-corrected chi connectivity index (χ4v) is 2.53. The molecule has 0 fully saturated rings. The Morgan fingerprint density at radius 1 is 1.25 bits per heavy atom. The van der Waals surface area contributed by atoms with Crippen LogP contribution in [0, 0.1) is 0 Å². The topological polar surface area (TPSA) is 86.5 Å². The van der Waals surface area contributed by atoms with Crippen molar-refractivity contribution in [1.29, 1.82) is 0 Å². The molecule has 0 spiro atoms. The molecule has 0 aliphatic rings. The van der Waals surface area contributed by atoms with Crippen molar-refractivity contribution in [3.8, 4) is 22.2 Å². The van der Waals surface area contributed by atoms with Crippen molar-refractivity contribution in [2.75, 3.05) is 13.7 Å². The lowest BCUT2D eigenvalue weighted by Crippen LogP contribution is -2.28. The Bertz CT molecular complexity index is 784. The van der Waals surface area contributed by atoms with Crippen molar-refractivity contribution in [2.24, 2.45) is 0 Å². The van der Waals surface area contributed by atoms with E-state index in [9.17, 15) is 4.79 Å². The fraction of sp³-hybridized carbons (Fsp3) is 0.188. The van der Waals surface area contributed by atoms with Crippen molar-refractivity contribution < 1.29 is 18.8 Å². The van der Waals surface area contributed by atoms with Crippen LogP contribution in [0.4, 0.5) is 0 Å². The Kier molecular flexibility index (Phi) is 5.07. The number of amides is 1. The highest BCUT2D eigenvalue weighted by Crippen LogP contribution is 2.21. The summed E-state index contributed by atoms with van der Waals surface area (Å²) < 4.78 is 15.5. The number of benzene rings is 1. The molecule has 2 heterocycles. The predicted octanol–water partition coefficient (Wildman–Crippen LogP) is 2.50. The van der Waals surface area contributed by atoms with E-state index in [1.54, 1.807) is 31.4 Å². The van der Waals surface area contributed by atoms with E-state index < -0.39 is 0 Å². The summed E-state index contributed by atoms with van der Waals surface area (Å²) in [6.07, 6.45) is 0. The Morgan fingerprint density at radius 3 is 2.75 bits per heavy atom. The minimum Gasteiger partial charge on any atom is -0.497 e. The highest BCUT2D eigenvalue weighted by Gasteiger charge is 2.10. The number of aromatic nitrogens is 2. The van der Waals surface area contributed by atoms with Gasteiger partial charge in [0.1, 0.15) is 11.5 Å². The van der Waals surface area contributed by atoms with Gasteiger partial charge in [-0.3, -0.25) is 4.79 Å². The number of hydrogen-bond donors (Lipinski definition) is 1. The average molecular weight is 345 g/mol. The van der Waals surface area contributed by atoms with E-state index >= 15 is 0 Å². The van der Waals surface area contributed by atoms with Crippen LogP contribution < -0.4 is 14.8 Å². The molecular formula is C16H15N3O4S. The lowest BCUT2D eigenvalue weighted by atomic mass is 10.3. The zero-order valence-corrected chi connectivity index (χ0v) is 13.7. The van der Waals surface area contributed by atoms with Crippen LogP contribution in [0.5, 0.6) is 11.5 Å². The summed E-state index contributed by atoms with van der Waals surface area (Å²) in [5.41, 5.74) is 0. The summed E-state index contributed by atoms with van der Waals surface area (Å²) in [5.74, 6) is 1.90. The summed E-state index contributed by atoms with van der Waals surface area (Å²) in [7, 11) is 1.59. The summed E-state index contributed by atoms with van der Waals surface area (Å²) in [6, 6.07) is 10.8. The number of thiophene rings is 1. The minimum absolute atomic E-state index is 0.0990. The Morgan fingerprint density at radius 2 is 2.04 bits per heavy atom. The summed E-state index contributed by atoms with van der Waals surface area (Å²) in [5, 5.41) is 8.48. The zero-order chi connectivity index (χ0) is 16.8. The summed E-state index contributed by atoms with van der Waals surface area (Å²) in [4.78, 5) is 16.9. The molecule has 3 rings (SSSR count). The molecule has 0 radical (unpaired) electrons. The van der Waals surface area contributed by atoms with E-state index in [-0.39, 0.29) is 19.1 Å². The van der Waals surface area contributed by atoms with Gasteiger partial charge in [0.05, 0.1) is 18.5 Å². The fourth-order valence-electron chi connectivity index (χ4n) is 1.88. The van der Waals surface area contributed by atoms with Crippen LogP contribution in [0.3, 0.4) is 0 Å².